The lowest BCUT2D eigenvalue weighted by Crippen LogP contribution is -2.40. The summed E-state index contributed by atoms with van der Waals surface area (Å²) in [6.45, 7) is 3.86. The second-order valence-corrected chi connectivity index (χ2v) is 4.25. The monoisotopic (exact) mass is 214 g/mol. The molecule has 0 heterocycles. The topological polar surface area (TPSA) is 44.1 Å². The standard InChI is InChI=1S/C10H18N2OS/c1-5-9(6-11)10(13)12(3)8(2)7-14-4/h8-9H,5,7H2,1-4H3. The summed E-state index contributed by atoms with van der Waals surface area (Å²) in [5.74, 6) is 0.366. The van der Waals surface area contributed by atoms with Crippen LogP contribution in [0.15, 0.2) is 0 Å². The van der Waals surface area contributed by atoms with Crippen LogP contribution in [0.4, 0.5) is 0 Å². The maximum absolute atomic E-state index is 11.7. The van der Waals surface area contributed by atoms with E-state index in [1.165, 1.54) is 0 Å². The normalized spacial score (nSPS) is 14.2. The maximum Gasteiger partial charge on any atom is 0.239 e. The molecule has 0 radical (unpaired) electrons. The summed E-state index contributed by atoms with van der Waals surface area (Å²) in [6, 6.07) is 2.23. The molecule has 2 unspecified atom stereocenters. The van der Waals surface area contributed by atoms with Gasteiger partial charge in [-0.25, -0.2) is 0 Å². The Morgan fingerprint density at radius 3 is 2.57 bits per heavy atom. The molecule has 0 saturated carbocycles. The molecule has 4 heteroatoms. The highest BCUT2D eigenvalue weighted by molar-refractivity contribution is 7.98. The Kier molecular flexibility index (Phi) is 6.39. The Hall–Kier alpha value is -0.690. The molecule has 0 aromatic carbocycles. The number of nitrogens with zero attached hydrogens (tertiary/aromatic N) is 2. The van der Waals surface area contributed by atoms with Gasteiger partial charge >= 0.3 is 0 Å². The van der Waals surface area contributed by atoms with Crippen LogP contribution in [0.1, 0.15) is 20.3 Å². The summed E-state index contributed by atoms with van der Waals surface area (Å²) >= 11 is 1.71. The van der Waals surface area contributed by atoms with Crippen molar-refractivity contribution < 1.29 is 4.79 Å². The van der Waals surface area contributed by atoms with Crippen molar-refractivity contribution in [2.24, 2.45) is 5.92 Å². The maximum atomic E-state index is 11.7. The fourth-order valence-electron chi connectivity index (χ4n) is 1.14. The molecule has 0 aliphatic heterocycles. The molecule has 0 saturated heterocycles. The molecule has 0 aliphatic carbocycles. The first-order valence-corrected chi connectivity index (χ1v) is 6.13. The molecular weight excluding hydrogens is 196 g/mol. The Balaban J connectivity index is 4.31. The third-order valence-electron chi connectivity index (χ3n) is 2.28. The highest BCUT2D eigenvalue weighted by atomic mass is 32.2. The van der Waals surface area contributed by atoms with Crippen LogP contribution in [0.5, 0.6) is 0 Å². The van der Waals surface area contributed by atoms with E-state index in [-0.39, 0.29) is 11.9 Å². The molecule has 0 fully saturated rings. The van der Waals surface area contributed by atoms with Crippen LogP contribution in [0.2, 0.25) is 0 Å². The number of thioether (sulfide) groups is 1. The predicted octanol–water partition coefficient (Wildman–Crippen LogP) is 1.75. The quantitative estimate of drug-likeness (QED) is 0.700. The summed E-state index contributed by atoms with van der Waals surface area (Å²) in [5, 5.41) is 8.75. The summed E-state index contributed by atoms with van der Waals surface area (Å²) in [6.07, 6.45) is 2.60. The third kappa shape index (κ3) is 3.59. The van der Waals surface area contributed by atoms with E-state index in [1.807, 2.05) is 26.2 Å². The Morgan fingerprint density at radius 1 is 1.64 bits per heavy atom. The zero-order chi connectivity index (χ0) is 11.1. The largest absolute Gasteiger partial charge is 0.341 e. The van der Waals surface area contributed by atoms with Gasteiger partial charge < -0.3 is 4.90 Å². The van der Waals surface area contributed by atoms with Crippen molar-refractivity contribution in [2.45, 2.75) is 26.3 Å². The minimum Gasteiger partial charge on any atom is -0.341 e. The van der Waals surface area contributed by atoms with Crippen LogP contribution in [0.25, 0.3) is 0 Å². The van der Waals surface area contributed by atoms with Gasteiger partial charge in [-0.1, -0.05) is 6.92 Å². The first-order chi connectivity index (χ1) is 6.58. The molecule has 0 aromatic heterocycles. The van der Waals surface area contributed by atoms with Gasteiger partial charge in [0.15, 0.2) is 0 Å². The first-order valence-electron chi connectivity index (χ1n) is 4.73. The molecule has 0 N–H and O–H groups in total. The minimum atomic E-state index is -0.482. The molecule has 80 valence electrons. The van der Waals surface area contributed by atoms with Gasteiger partial charge in [0.1, 0.15) is 5.92 Å². The predicted molar refractivity (Wildman–Crippen MR) is 60.0 cm³/mol. The molecule has 0 rings (SSSR count). The molecule has 0 spiro atoms. The summed E-state index contributed by atoms with van der Waals surface area (Å²) in [7, 11) is 1.77. The molecule has 0 bridgehead atoms. The Bertz CT molecular complexity index is 225. The van der Waals surface area contributed by atoms with E-state index in [2.05, 4.69) is 0 Å². The van der Waals surface area contributed by atoms with Crippen LogP contribution in [0.3, 0.4) is 0 Å². The third-order valence-corrected chi connectivity index (χ3v) is 3.09. The number of nitriles is 1. The number of hydrogen-bond acceptors (Lipinski definition) is 3. The Labute approximate surface area is 90.5 Å². The first kappa shape index (κ1) is 13.3. The number of hydrogen-bond donors (Lipinski definition) is 0. The van der Waals surface area contributed by atoms with Gasteiger partial charge in [-0.3, -0.25) is 4.79 Å². The fraction of sp³-hybridized carbons (Fsp3) is 0.800. The van der Waals surface area contributed by atoms with E-state index in [4.69, 9.17) is 5.26 Å². The van der Waals surface area contributed by atoms with Gasteiger partial charge in [0.2, 0.25) is 5.91 Å². The fourth-order valence-corrected chi connectivity index (χ4v) is 1.84. The van der Waals surface area contributed by atoms with E-state index in [9.17, 15) is 4.79 Å². The molecular formula is C10H18N2OS. The average Bonchev–Trinajstić information content (AvgIpc) is 2.18. The van der Waals surface area contributed by atoms with Crippen molar-refractivity contribution in [3.8, 4) is 6.07 Å². The van der Waals surface area contributed by atoms with Crippen LogP contribution < -0.4 is 0 Å². The smallest absolute Gasteiger partial charge is 0.239 e. The minimum absolute atomic E-state index is 0.0587. The highest BCUT2D eigenvalue weighted by Gasteiger charge is 2.22. The van der Waals surface area contributed by atoms with Crippen LogP contribution in [0, 0.1) is 17.2 Å². The second kappa shape index (κ2) is 6.72. The van der Waals surface area contributed by atoms with E-state index in [1.54, 1.807) is 23.7 Å². The van der Waals surface area contributed by atoms with Crippen molar-refractivity contribution >= 4 is 17.7 Å². The SMILES string of the molecule is CCC(C#N)C(=O)N(C)C(C)CSC. The van der Waals surface area contributed by atoms with Crippen LogP contribution in [-0.4, -0.2) is 35.9 Å². The molecule has 2 atom stereocenters. The molecule has 1 amide bonds. The summed E-state index contributed by atoms with van der Waals surface area (Å²) in [4.78, 5) is 13.4. The average molecular weight is 214 g/mol. The van der Waals surface area contributed by atoms with Crippen LogP contribution in [-0.2, 0) is 4.79 Å². The van der Waals surface area contributed by atoms with Gasteiger partial charge in [0.25, 0.3) is 0 Å². The van der Waals surface area contributed by atoms with Gasteiger partial charge in [0.05, 0.1) is 6.07 Å². The Morgan fingerprint density at radius 2 is 2.21 bits per heavy atom. The molecule has 0 aromatic rings. The highest BCUT2D eigenvalue weighted by Crippen LogP contribution is 2.10. The zero-order valence-electron chi connectivity index (χ0n) is 9.28. The lowest BCUT2D eigenvalue weighted by atomic mass is 10.1. The van der Waals surface area contributed by atoms with Gasteiger partial charge in [-0.05, 0) is 19.6 Å². The molecule has 3 nitrogen and oxygen atoms in total. The lowest BCUT2D eigenvalue weighted by molar-refractivity contribution is -0.133. The number of rotatable bonds is 5. The summed E-state index contributed by atoms with van der Waals surface area (Å²) in [5.41, 5.74) is 0. The zero-order valence-corrected chi connectivity index (χ0v) is 10.1. The van der Waals surface area contributed by atoms with Crippen molar-refractivity contribution in [1.82, 2.24) is 4.90 Å². The number of carbonyl (C=O) groups is 1. The van der Waals surface area contributed by atoms with E-state index >= 15 is 0 Å². The van der Waals surface area contributed by atoms with Crippen molar-refractivity contribution in [3.05, 3.63) is 0 Å². The molecule has 14 heavy (non-hydrogen) atoms. The van der Waals surface area contributed by atoms with E-state index in [0.29, 0.717) is 6.42 Å². The number of carbonyl (C=O) groups excluding carboxylic acids is 1. The van der Waals surface area contributed by atoms with Crippen molar-refractivity contribution in [2.75, 3.05) is 19.1 Å². The van der Waals surface area contributed by atoms with Crippen molar-refractivity contribution in [1.29, 1.82) is 5.26 Å². The van der Waals surface area contributed by atoms with Gasteiger partial charge in [0, 0.05) is 18.8 Å². The van der Waals surface area contributed by atoms with Gasteiger partial charge in [-0.15, -0.1) is 0 Å². The summed E-state index contributed by atoms with van der Waals surface area (Å²) < 4.78 is 0. The molecule has 0 aliphatic rings. The second-order valence-electron chi connectivity index (χ2n) is 3.34. The van der Waals surface area contributed by atoms with Crippen LogP contribution >= 0.6 is 11.8 Å². The van der Waals surface area contributed by atoms with E-state index < -0.39 is 5.92 Å². The lowest BCUT2D eigenvalue weighted by Gasteiger charge is -2.25. The number of amides is 1. The van der Waals surface area contributed by atoms with Crippen molar-refractivity contribution in [3.63, 3.8) is 0 Å². The van der Waals surface area contributed by atoms with Gasteiger partial charge in [-0.2, -0.15) is 17.0 Å². The van der Waals surface area contributed by atoms with E-state index in [0.717, 1.165) is 5.75 Å².